The van der Waals surface area contributed by atoms with Gasteiger partial charge in [-0.1, -0.05) is 0 Å². The van der Waals surface area contributed by atoms with Gasteiger partial charge in [0.05, 0.1) is 12.6 Å². The molecule has 1 atom stereocenters. The van der Waals surface area contributed by atoms with E-state index >= 15 is 0 Å². The van der Waals surface area contributed by atoms with E-state index in [0.29, 0.717) is 25.3 Å². The maximum Gasteiger partial charge on any atom is 0.271 e. The van der Waals surface area contributed by atoms with Gasteiger partial charge in [-0.3, -0.25) is 0 Å². The van der Waals surface area contributed by atoms with E-state index in [0.717, 1.165) is 0 Å². The van der Waals surface area contributed by atoms with Crippen molar-refractivity contribution in [3.63, 3.8) is 0 Å². The SMILES string of the molecule is CC(O)CCNCc1ccc(S(N)(=O)=O)o1. The zero-order valence-corrected chi connectivity index (χ0v) is 9.83. The van der Waals surface area contributed by atoms with E-state index in [-0.39, 0.29) is 11.2 Å². The third kappa shape index (κ3) is 4.31. The highest BCUT2D eigenvalue weighted by atomic mass is 32.2. The number of nitrogens with two attached hydrogens (primary N) is 1. The maximum atomic E-state index is 10.9. The monoisotopic (exact) mass is 248 g/mol. The van der Waals surface area contributed by atoms with Gasteiger partial charge in [0.15, 0.2) is 0 Å². The van der Waals surface area contributed by atoms with Crippen LogP contribution in [0.25, 0.3) is 0 Å². The van der Waals surface area contributed by atoms with Gasteiger partial charge in [-0.2, -0.15) is 0 Å². The average molecular weight is 248 g/mol. The highest BCUT2D eigenvalue weighted by molar-refractivity contribution is 7.89. The molecular formula is C9H16N2O4S. The van der Waals surface area contributed by atoms with Crippen LogP contribution in [0.5, 0.6) is 0 Å². The smallest absolute Gasteiger partial charge is 0.271 e. The van der Waals surface area contributed by atoms with E-state index in [1.807, 2.05) is 0 Å². The lowest BCUT2D eigenvalue weighted by molar-refractivity contribution is 0.183. The summed E-state index contributed by atoms with van der Waals surface area (Å²) in [5, 5.41) is 16.7. The second kappa shape index (κ2) is 5.44. The Balaban J connectivity index is 2.42. The van der Waals surface area contributed by atoms with Crippen molar-refractivity contribution >= 4 is 10.0 Å². The number of hydrogen-bond acceptors (Lipinski definition) is 5. The molecule has 0 aromatic carbocycles. The molecule has 0 amide bonds. The van der Waals surface area contributed by atoms with Crippen LogP contribution in [0.3, 0.4) is 0 Å². The maximum absolute atomic E-state index is 10.9. The van der Waals surface area contributed by atoms with Crippen LogP contribution in [0.1, 0.15) is 19.1 Å². The molecule has 0 saturated carbocycles. The first kappa shape index (κ1) is 13.2. The molecule has 1 unspecified atom stereocenters. The number of sulfonamides is 1. The van der Waals surface area contributed by atoms with Crippen molar-refractivity contribution in [1.82, 2.24) is 5.32 Å². The molecule has 0 bridgehead atoms. The molecule has 1 aromatic heterocycles. The standard InChI is InChI=1S/C9H16N2O4S/c1-7(12)4-5-11-6-8-2-3-9(15-8)16(10,13)14/h2-3,7,11-12H,4-6H2,1H3,(H2,10,13,14). The van der Waals surface area contributed by atoms with Crippen LogP contribution in [0.15, 0.2) is 21.6 Å². The minimum Gasteiger partial charge on any atom is -0.447 e. The third-order valence-corrected chi connectivity index (χ3v) is 2.74. The minimum atomic E-state index is -3.76. The Morgan fingerprint density at radius 1 is 1.56 bits per heavy atom. The molecule has 7 heteroatoms. The van der Waals surface area contributed by atoms with E-state index in [1.54, 1.807) is 13.0 Å². The Morgan fingerprint density at radius 3 is 2.75 bits per heavy atom. The molecular weight excluding hydrogens is 232 g/mol. The Kier molecular flexibility index (Phi) is 4.48. The molecule has 0 saturated heterocycles. The van der Waals surface area contributed by atoms with Crippen molar-refractivity contribution in [3.8, 4) is 0 Å². The molecule has 0 spiro atoms. The van der Waals surface area contributed by atoms with E-state index in [9.17, 15) is 8.42 Å². The lowest BCUT2D eigenvalue weighted by Crippen LogP contribution is -2.18. The summed E-state index contributed by atoms with van der Waals surface area (Å²) in [4.78, 5) is 0. The van der Waals surface area contributed by atoms with Gasteiger partial charge in [0.25, 0.3) is 10.0 Å². The Bertz CT molecular complexity index is 424. The van der Waals surface area contributed by atoms with Crippen molar-refractivity contribution in [2.24, 2.45) is 5.14 Å². The van der Waals surface area contributed by atoms with Gasteiger partial charge in [0, 0.05) is 0 Å². The van der Waals surface area contributed by atoms with Gasteiger partial charge in [0.1, 0.15) is 5.76 Å². The summed E-state index contributed by atoms with van der Waals surface area (Å²) in [6, 6.07) is 2.87. The van der Waals surface area contributed by atoms with Gasteiger partial charge < -0.3 is 14.8 Å². The fourth-order valence-corrected chi connectivity index (χ4v) is 1.61. The van der Waals surface area contributed by atoms with E-state index in [4.69, 9.17) is 14.7 Å². The van der Waals surface area contributed by atoms with Crippen molar-refractivity contribution < 1.29 is 17.9 Å². The highest BCUT2D eigenvalue weighted by Gasteiger charge is 2.12. The molecule has 6 nitrogen and oxygen atoms in total. The number of hydrogen-bond donors (Lipinski definition) is 3. The summed E-state index contributed by atoms with van der Waals surface area (Å²) >= 11 is 0. The molecule has 16 heavy (non-hydrogen) atoms. The van der Waals surface area contributed by atoms with Crippen LogP contribution < -0.4 is 10.5 Å². The van der Waals surface area contributed by atoms with Crippen molar-refractivity contribution in [1.29, 1.82) is 0 Å². The van der Waals surface area contributed by atoms with Crippen LogP contribution in [-0.2, 0) is 16.6 Å². The zero-order valence-electron chi connectivity index (χ0n) is 9.01. The molecule has 0 aliphatic heterocycles. The first-order chi connectivity index (χ1) is 7.39. The third-order valence-electron chi connectivity index (χ3n) is 1.96. The van der Waals surface area contributed by atoms with Crippen LogP contribution in [0.4, 0.5) is 0 Å². The van der Waals surface area contributed by atoms with Crippen LogP contribution in [0.2, 0.25) is 0 Å². The van der Waals surface area contributed by atoms with Gasteiger partial charge in [-0.15, -0.1) is 0 Å². The van der Waals surface area contributed by atoms with Crippen molar-refractivity contribution in [2.45, 2.75) is 31.1 Å². The largest absolute Gasteiger partial charge is 0.447 e. The van der Waals surface area contributed by atoms with Crippen molar-refractivity contribution in [2.75, 3.05) is 6.54 Å². The summed E-state index contributed by atoms with van der Waals surface area (Å²) in [6.07, 6.45) is 0.270. The van der Waals surface area contributed by atoms with Gasteiger partial charge in [-0.05, 0) is 32.0 Å². The second-order valence-corrected chi connectivity index (χ2v) is 5.07. The fourth-order valence-electron chi connectivity index (χ4n) is 1.13. The fraction of sp³-hybridized carbons (Fsp3) is 0.556. The van der Waals surface area contributed by atoms with E-state index < -0.39 is 10.0 Å². The summed E-state index contributed by atoms with van der Waals surface area (Å²) in [5.74, 6) is 0.495. The average Bonchev–Trinajstić information content (AvgIpc) is 2.59. The van der Waals surface area contributed by atoms with Gasteiger partial charge in [0.2, 0.25) is 5.09 Å². The summed E-state index contributed by atoms with van der Waals surface area (Å²) in [7, 11) is -3.76. The predicted molar refractivity (Wildman–Crippen MR) is 58.1 cm³/mol. The number of rotatable bonds is 6. The van der Waals surface area contributed by atoms with E-state index in [1.165, 1.54) is 6.07 Å². The predicted octanol–water partition coefficient (Wildman–Crippen LogP) is -0.212. The molecule has 1 aromatic rings. The molecule has 4 N–H and O–H groups in total. The number of primary sulfonamides is 1. The lowest BCUT2D eigenvalue weighted by Gasteiger charge is -2.04. The van der Waals surface area contributed by atoms with E-state index in [2.05, 4.69) is 5.32 Å². The molecule has 0 aliphatic carbocycles. The quantitative estimate of drug-likeness (QED) is 0.604. The van der Waals surface area contributed by atoms with Crippen molar-refractivity contribution in [3.05, 3.63) is 17.9 Å². The number of aliphatic hydroxyl groups is 1. The normalized spacial score (nSPS) is 13.9. The van der Waals surface area contributed by atoms with Crippen LogP contribution in [-0.4, -0.2) is 26.2 Å². The summed E-state index contributed by atoms with van der Waals surface area (Å²) in [5.41, 5.74) is 0. The number of furan rings is 1. The molecule has 0 aliphatic rings. The Morgan fingerprint density at radius 2 is 2.25 bits per heavy atom. The van der Waals surface area contributed by atoms with Gasteiger partial charge >= 0.3 is 0 Å². The molecule has 1 rings (SSSR count). The minimum absolute atomic E-state index is 0.236. The highest BCUT2D eigenvalue weighted by Crippen LogP contribution is 2.11. The molecule has 1 heterocycles. The number of nitrogens with one attached hydrogen (secondary N) is 1. The zero-order chi connectivity index (χ0) is 12.2. The topological polar surface area (TPSA) is 106 Å². The van der Waals surface area contributed by atoms with Gasteiger partial charge in [-0.25, -0.2) is 13.6 Å². The van der Waals surface area contributed by atoms with Crippen LogP contribution >= 0.6 is 0 Å². The first-order valence-electron chi connectivity index (χ1n) is 4.90. The Hall–Kier alpha value is -0.890. The molecule has 0 radical (unpaired) electrons. The summed E-state index contributed by atoms with van der Waals surface area (Å²) in [6.45, 7) is 2.74. The molecule has 92 valence electrons. The Labute approximate surface area is 94.5 Å². The second-order valence-electron chi connectivity index (χ2n) is 3.58. The summed E-state index contributed by atoms with van der Waals surface area (Å²) < 4.78 is 26.8. The molecule has 0 fully saturated rings. The first-order valence-corrected chi connectivity index (χ1v) is 6.44. The van der Waals surface area contributed by atoms with Crippen LogP contribution in [0, 0.1) is 0 Å². The number of aliphatic hydroxyl groups excluding tert-OH is 1. The lowest BCUT2D eigenvalue weighted by atomic mass is 10.3.